The molecule has 0 aliphatic heterocycles. The van der Waals surface area contributed by atoms with Gasteiger partial charge in [-0.05, 0) is 62.4 Å². The molecular formula is C19H30FNO. The summed E-state index contributed by atoms with van der Waals surface area (Å²) in [6.45, 7) is 3.19. The summed E-state index contributed by atoms with van der Waals surface area (Å²) in [7, 11) is 0. The maximum absolute atomic E-state index is 13.0. The molecule has 0 saturated heterocycles. The highest BCUT2D eigenvalue weighted by Gasteiger charge is 2.24. The Morgan fingerprint density at radius 3 is 2.32 bits per heavy atom. The van der Waals surface area contributed by atoms with Crippen LogP contribution < -0.4 is 0 Å². The summed E-state index contributed by atoms with van der Waals surface area (Å²) in [5.74, 6) is 1.30. The first-order valence-electron chi connectivity index (χ1n) is 9.10. The Bertz CT molecular complexity index is 385. The van der Waals surface area contributed by atoms with Crippen LogP contribution in [-0.4, -0.2) is 12.7 Å². The first kappa shape index (κ1) is 17.5. The first-order chi connectivity index (χ1) is 10.7. The third-order valence-corrected chi connectivity index (χ3v) is 5.44. The third kappa shape index (κ3) is 5.72. The molecule has 0 atom stereocenters. The molecular weight excluding hydrogens is 277 g/mol. The summed E-state index contributed by atoms with van der Waals surface area (Å²) in [6, 6.07) is 1.57. The summed E-state index contributed by atoms with van der Waals surface area (Å²) in [5.41, 5.74) is 0. The Morgan fingerprint density at radius 2 is 1.73 bits per heavy atom. The lowest BCUT2D eigenvalue weighted by molar-refractivity contribution is -0.00667. The maximum atomic E-state index is 13.0. The summed E-state index contributed by atoms with van der Waals surface area (Å²) >= 11 is 0. The van der Waals surface area contributed by atoms with E-state index in [-0.39, 0.29) is 5.92 Å². The van der Waals surface area contributed by atoms with Crippen molar-refractivity contribution in [1.29, 1.82) is 5.26 Å². The monoisotopic (exact) mass is 307 g/mol. The van der Waals surface area contributed by atoms with Crippen LogP contribution in [0.4, 0.5) is 4.39 Å². The highest BCUT2D eigenvalue weighted by atomic mass is 19.1. The molecule has 2 nitrogen and oxygen atoms in total. The van der Waals surface area contributed by atoms with E-state index in [2.05, 4.69) is 6.92 Å². The molecule has 0 bridgehead atoms. The Hall–Kier alpha value is -0.880. The van der Waals surface area contributed by atoms with Crippen molar-refractivity contribution in [3.8, 4) is 6.07 Å². The molecule has 0 heterocycles. The predicted octanol–water partition coefficient (Wildman–Crippen LogP) is 5.55. The molecule has 0 amide bonds. The Balaban J connectivity index is 1.61. The van der Waals surface area contributed by atoms with Crippen LogP contribution in [-0.2, 0) is 4.74 Å². The minimum absolute atomic E-state index is 0.226. The van der Waals surface area contributed by atoms with E-state index in [0.29, 0.717) is 6.10 Å². The van der Waals surface area contributed by atoms with Gasteiger partial charge >= 0.3 is 0 Å². The summed E-state index contributed by atoms with van der Waals surface area (Å²) in [5, 5.41) is 8.48. The largest absolute Gasteiger partial charge is 0.378 e. The molecule has 2 fully saturated rings. The zero-order valence-electron chi connectivity index (χ0n) is 13.9. The van der Waals surface area contributed by atoms with Gasteiger partial charge in [0.15, 0.2) is 5.83 Å². The average Bonchev–Trinajstić information content (AvgIpc) is 2.56. The van der Waals surface area contributed by atoms with Crippen molar-refractivity contribution < 1.29 is 9.13 Å². The van der Waals surface area contributed by atoms with Crippen molar-refractivity contribution in [2.45, 2.75) is 77.2 Å². The van der Waals surface area contributed by atoms with Crippen molar-refractivity contribution >= 4 is 0 Å². The van der Waals surface area contributed by atoms with Crippen molar-refractivity contribution in [1.82, 2.24) is 0 Å². The molecule has 0 spiro atoms. The molecule has 2 rings (SSSR count). The minimum atomic E-state index is -0.631. The number of allylic oxidation sites excluding steroid dienone is 2. The lowest BCUT2D eigenvalue weighted by Gasteiger charge is -2.31. The quantitative estimate of drug-likeness (QED) is 0.603. The molecule has 2 saturated carbocycles. The van der Waals surface area contributed by atoms with Gasteiger partial charge in [0.1, 0.15) is 6.07 Å². The molecule has 3 heteroatoms. The molecule has 0 radical (unpaired) electrons. The summed E-state index contributed by atoms with van der Waals surface area (Å²) in [4.78, 5) is 0. The fraction of sp³-hybridized carbons (Fsp3) is 0.842. The number of hydrogen-bond donors (Lipinski definition) is 0. The van der Waals surface area contributed by atoms with Crippen LogP contribution in [0.1, 0.15) is 71.1 Å². The van der Waals surface area contributed by atoms with Crippen molar-refractivity contribution in [3.05, 3.63) is 11.9 Å². The van der Waals surface area contributed by atoms with E-state index < -0.39 is 5.83 Å². The van der Waals surface area contributed by atoms with E-state index in [4.69, 9.17) is 10.00 Å². The number of halogens is 1. The maximum Gasteiger partial charge on any atom is 0.196 e. The van der Waals surface area contributed by atoms with Gasteiger partial charge in [-0.15, -0.1) is 0 Å². The Morgan fingerprint density at radius 1 is 1.09 bits per heavy atom. The van der Waals surface area contributed by atoms with Crippen LogP contribution in [0.2, 0.25) is 0 Å². The lowest BCUT2D eigenvalue weighted by atomic mass is 9.80. The van der Waals surface area contributed by atoms with E-state index in [1.165, 1.54) is 44.6 Å². The van der Waals surface area contributed by atoms with Crippen LogP contribution in [0.5, 0.6) is 0 Å². The predicted molar refractivity (Wildman–Crippen MR) is 86.9 cm³/mol. The van der Waals surface area contributed by atoms with Crippen LogP contribution in [0.3, 0.4) is 0 Å². The first-order valence-corrected chi connectivity index (χ1v) is 9.10. The van der Waals surface area contributed by atoms with Crippen LogP contribution in [0.25, 0.3) is 0 Å². The minimum Gasteiger partial charge on any atom is -0.378 e. The second-order valence-electron chi connectivity index (χ2n) is 7.17. The molecule has 2 aliphatic rings. The van der Waals surface area contributed by atoms with Crippen LogP contribution in [0, 0.1) is 29.1 Å². The third-order valence-electron chi connectivity index (χ3n) is 5.44. The number of ether oxygens (including phenoxy) is 1. The zero-order valence-corrected chi connectivity index (χ0v) is 13.9. The van der Waals surface area contributed by atoms with Gasteiger partial charge in [0, 0.05) is 6.61 Å². The number of hydrogen-bond acceptors (Lipinski definition) is 2. The lowest BCUT2D eigenvalue weighted by Crippen LogP contribution is -2.25. The molecule has 0 N–H and O–H groups in total. The van der Waals surface area contributed by atoms with Crippen LogP contribution >= 0.6 is 0 Å². The molecule has 0 unspecified atom stereocenters. The fourth-order valence-corrected chi connectivity index (χ4v) is 4.03. The SMILES string of the molecule is CCC[C@H]1CC[C@H](COC2CCC(C=C(F)C#N)CC2)CC1. The fourth-order valence-electron chi connectivity index (χ4n) is 4.03. The molecule has 22 heavy (non-hydrogen) atoms. The van der Waals surface area contributed by atoms with E-state index in [1.54, 1.807) is 6.07 Å². The van der Waals surface area contributed by atoms with Crippen LogP contribution in [0.15, 0.2) is 11.9 Å². The van der Waals surface area contributed by atoms with Gasteiger partial charge in [-0.25, -0.2) is 0 Å². The highest BCUT2D eigenvalue weighted by Crippen LogP contribution is 2.33. The number of nitrogens with zero attached hydrogens (tertiary/aromatic N) is 1. The normalized spacial score (nSPS) is 33.4. The van der Waals surface area contributed by atoms with Crippen molar-refractivity contribution in [2.24, 2.45) is 17.8 Å². The topological polar surface area (TPSA) is 33.0 Å². The second kappa shape index (κ2) is 9.30. The summed E-state index contributed by atoms with van der Waals surface area (Å²) in [6.07, 6.45) is 13.9. The standard InChI is InChI=1S/C19H30FNO/c1-2-3-15-4-6-17(7-5-15)14-22-19-10-8-16(9-11-19)12-18(20)13-21/h12,15-17,19H,2-11,14H2,1H3/t15-,16?,17-,19?. The average molecular weight is 307 g/mol. The van der Waals surface area contributed by atoms with Gasteiger partial charge in [0.25, 0.3) is 0 Å². The molecule has 2 aliphatic carbocycles. The molecule has 0 aromatic heterocycles. The molecule has 124 valence electrons. The molecule has 0 aromatic carbocycles. The van der Waals surface area contributed by atoms with E-state index in [1.807, 2.05) is 0 Å². The Labute approximate surface area is 134 Å². The van der Waals surface area contributed by atoms with Gasteiger partial charge in [0.2, 0.25) is 0 Å². The van der Waals surface area contributed by atoms with Gasteiger partial charge in [0.05, 0.1) is 6.10 Å². The van der Waals surface area contributed by atoms with Gasteiger partial charge in [-0.1, -0.05) is 32.6 Å². The zero-order chi connectivity index (χ0) is 15.8. The smallest absolute Gasteiger partial charge is 0.196 e. The second-order valence-corrected chi connectivity index (χ2v) is 7.17. The van der Waals surface area contributed by atoms with Crippen molar-refractivity contribution in [3.63, 3.8) is 0 Å². The van der Waals surface area contributed by atoms with Gasteiger partial charge in [-0.3, -0.25) is 0 Å². The van der Waals surface area contributed by atoms with E-state index >= 15 is 0 Å². The summed E-state index contributed by atoms with van der Waals surface area (Å²) < 4.78 is 19.1. The number of rotatable bonds is 6. The van der Waals surface area contributed by atoms with Gasteiger partial charge < -0.3 is 4.74 Å². The highest BCUT2D eigenvalue weighted by molar-refractivity contribution is 5.13. The van der Waals surface area contributed by atoms with Gasteiger partial charge in [-0.2, -0.15) is 9.65 Å². The van der Waals surface area contributed by atoms with E-state index in [0.717, 1.165) is 44.1 Å². The van der Waals surface area contributed by atoms with Crippen molar-refractivity contribution in [2.75, 3.05) is 6.61 Å². The molecule has 0 aromatic rings. The number of nitriles is 1. The Kier molecular flexibility index (Phi) is 7.39. The van der Waals surface area contributed by atoms with E-state index in [9.17, 15) is 4.39 Å².